The lowest BCUT2D eigenvalue weighted by atomic mass is 10.2. The lowest BCUT2D eigenvalue weighted by Crippen LogP contribution is -2.20. The van der Waals surface area contributed by atoms with Crippen LogP contribution in [0.5, 0.6) is 5.75 Å². The van der Waals surface area contributed by atoms with Crippen LogP contribution in [-0.4, -0.2) is 26.7 Å². The molecule has 3 rings (SSSR count). The summed E-state index contributed by atoms with van der Waals surface area (Å²) in [4.78, 5) is 2.11. The standard InChI is InChI=1S/C19H20ClFN4O/c1-24(11-19-23-22-13-25(19)2)10-14-6-3-4-9-18(14)26-12-15-16(20)7-5-8-17(15)21/h3-9,13H,10-12H2,1-2H3. The van der Waals surface area contributed by atoms with Gasteiger partial charge >= 0.3 is 0 Å². The molecule has 7 heteroatoms. The highest BCUT2D eigenvalue weighted by Gasteiger charge is 2.12. The van der Waals surface area contributed by atoms with Gasteiger partial charge in [-0.3, -0.25) is 4.90 Å². The van der Waals surface area contributed by atoms with Crippen LogP contribution in [-0.2, 0) is 26.7 Å². The maximum absolute atomic E-state index is 13.9. The molecule has 0 atom stereocenters. The van der Waals surface area contributed by atoms with E-state index in [9.17, 15) is 4.39 Å². The Bertz CT molecular complexity index is 863. The molecule has 5 nitrogen and oxygen atoms in total. The van der Waals surface area contributed by atoms with Crippen molar-refractivity contribution in [1.29, 1.82) is 0 Å². The zero-order chi connectivity index (χ0) is 18.5. The number of halogens is 2. The van der Waals surface area contributed by atoms with Crippen molar-refractivity contribution in [2.24, 2.45) is 7.05 Å². The van der Waals surface area contributed by atoms with E-state index in [1.807, 2.05) is 42.9 Å². The fourth-order valence-electron chi connectivity index (χ4n) is 2.63. The summed E-state index contributed by atoms with van der Waals surface area (Å²) in [5.41, 5.74) is 1.36. The maximum Gasteiger partial charge on any atom is 0.146 e. The molecule has 0 aliphatic heterocycles. The highest BCUT2D eigenvalue weighted by Crippen LogP contribution is 2.24. The molecule has 0 fully saturated rings. The van der Waals surface area contributed by atoms with Gasteiger partial charge in [-0.2, -0.15) is 0 Å². The molecule has 1 aromatic heterocycles. The quantitative estimate of drug-likeness (QED) is 0.630. The first-order chi connectivity index (χ1) is 12.5. The van der Waals surface area contributed by atoms with Gasteiger partial charge < -0.3 is 9.30 Å². The summed E-state index contributed by atoms with van der Waals surface area (Å²) in [6, 6.07) is 12.3. The summed E-state index contributed by atoms with van der Waals surface area (Å²) < 4.78 is 21.7. The van der Waals surface area contributed by atoms with Crippen molar-refractivity contribution in [3.8, 4) is 5.75 Å². The van der Waals surface area contributed by atoms with Crippen LogP contribution in [0.3, 0.4) is 0 Å². The topological polar surface area (TPSA) is 43.2 Å². The number of nitrogens with zero attached hydrogens (tertiary/aromatic N) is 4. The normalized spacial score (nSPS) is 11.1. The number of benzene rings is 2. The Kier molecular flexibility index (Phi) is 5.85. The van der Waals surface area contributed by atoms with Gasteiger partial charge in [0.05, 0.1) is 11.6 Å². The predicted octanol–water partition coefficient (Wildman–Crippen LogP) is 3.82. The molecule has 1 heterocycles. The van der Waals surface area contributed by atoms with Crippen LogP contribution in [0.4, 0.5) is 4.39 Å². The number of para-hydroxylation sites is 1. The van der Waals surface area contributed by atoms with E-state index in [-0.39, 0.29) is 12.4 Å². The predicted molar refractivity (Wildman–Crippen MR) is 98.4 cm³/mol. The molecule has 0 radical (unpaired) electrons. The van der Waals surface area contributed by atoms with E-state index in [2.05, 4.69) is 15.1 Å². The van der Waals surface area contributed by atoms with Gasteiger partial charge in [-0.1, -0.05) is 35.9 Å². The smallest absolute Gasteiger partial charge is 0.146 e. The molecule has 0 amide bonds. The lowest BCUT2D eigenvalue weighted by Gasteiger charge is -2.19. The van der Waals surface area contributed by atoms with E-state index < -0.39 is 0 Å². The van der Waals surface area contributed by atoms with Gasteiger partial charge in [-0.05, 0) is 25.2 Å². The summed E-state index contributed by atoms with van der Waals surface area (Å²) in [6.07, 6.45) is 1.68. The molecule has 0 saturated carbocycles. The van der Waals surface area contributed by atoms with Crippen molar-refractivity contribution in [3.63, 3.8) is 0 Å². The highest BCUT2D eigenvalue weighted by molar-refractivity contribution is 6.31. The molecule has 2 aromatic carbocycles. The van der Waals surface area contributed by atoms with Crippen molar-refractivity contribution < 1.29 is 9.13 Å². The molecular formula is C19H20ClFN4O. The first-order valence-corrected chi connectivity index (χ1v) is 8.57. The largest absolute Gasteiger partial charge is 0.488 e. The van der Waals surface area contributed by atoms with Gasteiger partial charge in [0.2, 0.25) is 0 Å². The summed E-state index contributed by atoms with van der Waals surface area (Å²) in [6.45, 7) is 1.40. The summed E-state index contributed by atoms with van der Waals surface area (Å²) >= 11 is 6.07. The molecule has 136 valence electrons. The third-order valence-corrected chi connectivity index (χ3v) is 4.42. The van der Waals surface area contributed by atoms with Crippen molar-refractivity contribution in [2.75, 3.05) is 7.05 Å². The van der Waals surface area contributed by atoms with Crippen LogP contribution in [0.25, 0.3) is 0 Å². The number of ether oxygens (including phenoxy) is 1. The molecule has 0 bridgehead atoms. The van der Waals surface area contributed by atoms with E-state index in [0.717, 1.165) is 11.4 Å². The minimum Gasteiger partial charge on any atom is -0.488 e. The Morgan fingerprint density at radius 3 is 2.69 bits per heavy atom. The summed E-state index contributed by atoms with van der Waals surface area (Å²) in [5, 5.41) is 8.35. The second-order valence-corrected chi connectivity index (χ2v) is 6.53. The molecule has 0 spiro atoms. The van der Waals surface area contributed by atoms with Gasteiger partial charge in [0.15, 0.2) is 0 Å². The van der Waals surface area contributed by atoms with E-state index in [0.29, 0.717) is 29.4 Å². The van der Waals surface area contributed by atoms with Gasteiger partial charge in [0, 0.05) is 24.7 Å². The Labute approximate surface area is 157 Å². The number of aromatic nitrogens is 3. The van der Waals surface area contributed by atoms with Gasteiger partial charge in [-0.15, -0.1) is 10.2 Å². The number of rotatable bonds is 7. The van der Waals surface area contributed by atoms with E-state index in [1.54, 1.807) is 18.5 Å². The van der Waals surface area contributed by atoms with Gasteiger partial charge in [0.25, 0.3) is 0 Å². The third kappa shape index (κ3) is 4.39. The van der Waals surface area contributed by atoms with E-state index in [1.165, 1.54) is 6.07 Å². The molecule has 0 N–H and O–H groups in total. The minimum atomic E-state index is -0.366. The summed E-state index contributed by atoms with van der Waals surface area (Å²) in [7, 11) is 3.91. The van der Waals surface area contributed by atoms with Crippen LogP contribution < -0.4 is 4.74 Å². The average Bonchev–Trinajstić information content (AvgIpc) is 3.00. The Morgan fingerprint density at radius 2 is 1.96 bits per heavy atom. The minimum absolute atomic E-state index is 0.0789. The zero-order valence-electron chi connectivity index (χ0n) is 14.7. The molecule has 3 aromatic rings. The Morgan fingerprint density at radius 1 is 1.15 bits per heavy atom. The van der Waals surface area contributed by atoms with Crippen LogP contribution in [0.15, 0.2) is 48.8 Å². The lowest BCUT2D eigenvalue weighted by molar-refractivity contribution is 0.275. The second kappa shape index (κ2) is 8.29. The fourth-order valence-corrected chi connectivity index (χ4v) is 2.85. The molecule has 0 aliphatic rings. The first-order valence-electron chi connectivity index (χ1n) is 8.19. The SMILES string of the molecule is CN(Cc1ccccc1OCc1c(F)cccc1Cl)Cc1nncn1C. The second-order valence-electron chi connectivity index (χ2n) is 6.13. The first kappa shape index (κ1) is 18.4. The van der Waals surface area contributed by atoms with Crippen LogP contribution >= 0.6 is 11.6 Å². The highest BCUT2D eigenvalue weighted by atomic mass is 35.5. The summed E-state index contributed by atoms with van der Waals surface area (Å²) in [5.74, 6) is 1.22. The number of aryl methyl sites for hydroxylation is 1. The Balaban J connectivity index is 1.69. The molecule has 0 unspecified atom stereocenters. The van der Waals surface area contributed by atoms with Crippen molar-refractivity contribution in [2.45, 2.75) is 19.7 Å². The third-order valence-electron chi connectivity index (χ3n) is 4.06. The molecule has 26 heavy (non-hydrogen) atoms. The van der Waals surface area contributed by atoms with E-state index in [4.69, 9.17) is 16.3 Å². The maximum atomic E-state index is 13.9. The molecule has 0 aliphatic carbocycles. The number of hydrogen-bond donors (Lipinski definition) is 0. The van der Waals surface area contributed by atoms with Crippen LogP contribution in [0.2, 0.25) is 5.02 Å². The Hall–Kier alpha value is -2.44. The number of hydrogen-bond acceptors (Lipinski definition) is 4. The molecule has 0 saturated heterocycles. The average molecular weight is 375 g/mol. The van der Waals surface area contributed by atoms with Crippen molar-refractivity contribution in [3.05, 3.63) is 76.6 Å². The van der Waals surface area contributed by atoms with Crippen molar-refractivity contribution >= 4 is 11.6 Å². The molecular weight excluding hydrogens is 355 g/mol. The van der Waals surface area contributed by atoms with Gasteiger partial charge in [-0.25, -0.2) is 4.39 Å². The monoisotopic (exact) mass is 374 g/mol. The van der Waals surface area contributed by atoms with Crippen LogP contribution in [0, 0.1) is 5.82 Å². The van der Waals surface area contributed by atoms with Gasteiger partial charge in [0.1, 0.15) is 30.3 Å². The fraction of sp³-hybridized carbons (Fsp3) is 0.263. The van der Waals surface area contributed by atoms with E-state index >= 15 is 0 Å². The van der Waals surface area contributed by atoms with Crippen molar-refractivity contribution in [1.82, 2.24) is 19.7 Å². The zero-order valence-corrected chi connectivity index (χ0v) is 15.4. The van der Waals surface area contributed by atoms with Crippen LogP contribution in [0.1, 0.15) is 17.0 Å².